The quantitative estimate of drug-likeness (QED) is 0.712. The van der Waals surface area contributed by atoms with Gasteiger partial charge in [0, 0.05) is 13.1 Å². The highest BCUT2D eigenvalue weighted by atomic mass is 16.5. The zero-order valence-corrected chi connectivity index (χ0v) is 15.2. The lowest BCUT2D eigenvalue weighted by atomic mass is 10.3. The fraction of sp³-hybridized carbons (Fsp3) is 0.500. The van der Waals surface area contributed by atoms with E-state index in [-0.39, 0.29) is 5.91 Å². The molecule has 1 aromatic heterocycles. The molecule has 1 unspecified atom stereocenters. The number of ether oxygens (including phenoxy) is 1. The molecule has 0 spiro atoms. The highest BCUT2D eigenvalue weighted by Gasteiger charge is 2.16. The number of likely N-dealkylation sites (N-methyl/N-ethyl adjacent to an activating group) is 1. The Hall–Kier alpha value is -2.41. The Kier molecular flexibility index (Phi) is 7.40. The molecular weight excluding hydrogens is 318 g/mol. The van der Waals surface area contributed by atoms with Crippen molar-refractivity contribution in [1.82, 2.24) is 25.2 Å². The largest absolute Gasteiger partial charge is 0.487 e. The molecule has 0 bridgehead atoms. The average molecular weight is 345 g/mol. The van der Waals surface area contributed by atoms with Crippen molar-refractivity contribution < 1.29 is 9.53 Å². The van der Waals surface area contributed by atoms with Crippen molar-refractivity contribution in [2.45, 2.75) is 33.4 Å². The van der Waals surface area contributed by atoms with E-state index in [1.165, 1.54) is 0 Å². The van der Waals surface area contributed by atoms with Gasteiger partial charge in [-0.3, -0.25) is 4.79 Å². The molecule has 0 aliphatic heterocycles. The highest BCUT2D eigenvalue weighted by Crippen LogP contribution is 2.11. The Labute approximate surface area is 149 Å². The fourth-order valence-electron chi connectivity index (χ4n) is 2.39. The lowest BCUT2D eigenvalue weighted by Crippen LogP contribution is -2.37. The van der Waals surface area contributed by atoms with Gasteiger partial charge in [0.25, 0.3) is 0 Å². The Bertz CT molecular complexity index is 640. The van der Waals surface area contributed by atoms with Crippen LogP contribution in [0, 0.1) is 0 Å². The third-order valence-corrected chi connectivity index (χ3v) is 4.09. The molecule has 1 atom stereocenters. The number of amides is 1. The van der Waals surface area contributed by atoms with Crippen LogP contribution in [0.4, 0.5) is 0 Å². The predicted octanol–water partition coefficient (Wildman–Crippen LogP) is 1.88. The first-order valence-electron chi connectivity index (χ1n) is 8.72. The molecule has 0 saturated heterocycles. The lowest BCUT2D eigenvalue weighted by molar-refractivity contribution is -0.124. The summed E-state index contributed by atoms with van der Waals surface area (Å²) < 4.78 is 7.21. The third-order valence-electron chi connectivity index (χ3n) is 4.09. The first kappa shape index (κ1) is 18.9. The third kappa shape index (κ3) is 5.86. The lowest BCUT2D eigenvalue weighted by Gasteiger charge is -2.19. The van der Waals surface area contributed by atoms with Gasteiger partial charge in [0.05, 0.1) is 6.20 Å². The number of hydrogen-bond donors (Lipinski definition) is 1. The standard InChI is InChI=1S/C18H27N5O2/c1-4-22(5-2)12-11-19-18(24)15(3)23-13-16(20-21-23)14-25-17-9-7-6-8-10-17/h6-10,13,15H,4-5,11-12,14H2,1-3H3,(H,19,24). The van der Waals surface area contributed by atoms with Gasteiger partial charge in [-0.05, 0) is 32.1 Å². The molecule has 1 aromatic carbocycles. The number of hydrogen-bond acceptors (Lipinski definition) is 5. The number of para-hydroxylation sites is 1. The second-order valence-electron chi connectivity index (χ2n) is 5.79. The SMILES string of the molecule is CCN(CC)CCNC(=O)C(C)n1cc(COc2ccccc2)nn1. The van der Waals surface area contributed by atoms with Crippen LogP contribution in [0.1, 0.15) is 32.5 Å². The molecule has 25 heavy (non-hydrogen) atoms. The van der Waals surface area contributed by atoms with Gasteiger partial charge in [0.15, 0.2) is 0 Å². The molecule has 0 saturated carbocycles. The number of aromatic nitrogens is 3. The Morgan fingerprint density at radius 1 is 1.28 bits per heavy atom. The summed E-state index contributed by atoms with van der Waals surface area (Å²) in [5, 5.41) is 11.1. The summed E-state index contributed by atoms with van der Waals surface area (Å²) in [4.78, 5) is 14.5. The van der Waals surface area contributed by atoms with Crippen LogP contribution in [0.5, 0.6) is 5.75 Å². The molecule has 2 rings (SSSR count). The predicted molar refractivity (Wildman–Crippen MR) is 96.3 cm³/mol. The van der Waals surface area contributed by atoms with Crippen LogP contribution in [0.25, 0.3) is 0 Å². The maximum absolute atomic E-state index is 12.2. The molecule has 2 aromatic rings. The van der Waals surface area contributed by atoms with Gasteiger partial charge >= 0.3 is 0 Å². The highest BCUT2D eigenvalue weighted by molar-refractivity contribution is 5.79. The van der Waals surface area contributed by atoms with E-state index in [1.54, 1.807) is 10.9 Å². The van der Waals surface area contributed by atoms with Crippen molar-refractivity contribution in [3.8, 4) is 5.75 Å². The minimum absolute atomic E-state index is 0.0624. The molecule has 7 nitrogen and oxygen atoms in total. The second kappa shape index (κ2) is 9.78. The smallest absolute Gasteiger partial charge is 0.244 e. The minimum Gasteiger partial charge on any atom is -0.487 e. The van der Waals surface area contributed by atoms with E-state index < -0.39 is 6.04 Å². The summed E-state index contributed by atoms with van der Waals surface area (Å²) in [5.41, 5.74) is 0.687. The summed E-state index contributed by atoms with van der Waals surface area (Å²) in [6.07, 6.45) is 1.75. The van der Waals surface area contributed by atoms with E-state index in [0.717, 1.165) is 25.4 Å². The van der Waals surface area contributed by atoms with Gasteiger partial charge in [-0.2, -0.15) is 0 Å². The number of rotatable bonds is 10. The minimum atomic E-state index is -0.408. The second-order valence-corrected chi connectivity index (χ2v) is 5.79. The Morgan fingerprint density at radius 2 is 2.00 bits per heavy atom. The maximum Gasteiger partial charge on any atom is 0.244 e. The normalized spacial score (nSPS) is 12.2. The number of carbonyl (C=O) groups excluding carboxylic acids is 1. The summed E-state index contributed by atoms with van der Waals surface area (Å²) >= 11 is 0. The molecule has 136 valence electrons. The van der Waals surface area contributed by atoms with Crippen LogP contribution < -0.4 is 10.1 Å². The van der Waals surface area contributed by atoms with Crippen LogP contribution in [0.2, 0.25) is 0 Å². The van der Waals surface area contributed by atoms with Crippen molar-refractivity contribution >= 4 is 5.91 Å². The van der Waals surface area contributed by atoms with Crippen LogP contribution in [-0.2, 0) is 11.4 Å². The van der Waals surface area contributed by atoms with E-state index >= 15 is 0 Å². The van der Waals surface area contributed by atoms with Gasteiger partial charge < -0.3 is 15.0 Å². The van der Waals surface area contributed by atoms with Crippen LogP contribution >= 0.6 is 0 Å². The maximum atomic E-state index is 12.2. The van der Waals surface area contributed by atoms with Crippen molar-refractivity contribution in [3.05, 3.63) is 42.2 Å². The molecule has 1 amide bonds. The van der Waals surface area contributed by atoms with E-state index in [9.17, 15) is 4.79 Å². The molecule has 0 radical (unpaired) electrons. The zero-order chi connectivity index (χ0) is 18.1. The van der Waals surface area contributed by atoms with Gasteiger partial charge in [0.2, 0.25) is 5.91 Å². The molecule has 0 fully saturated rings. The molecule has 7 heteroatoms. The molecule has 1 heterocycles. The first-order chi connectivity index (χ1) is 12.1. The number of carbonyl (C=O) groups is 1. The topological polar surface area (TPSA) is 72.3 Å². The summed E-state index contributed by atoms with van der Waals surface area (Å²) in [5.74, 6) is 0.715. The summed E-state index contributed by atoms with van der Waals surface area (Å²) in [7, 11) is 0. The van der Waals surface area contributed by atoms with Crippen molar-refractivity contribution in [1.29, 1.82) is 0 Å². The van der Waals surface area contributed by atoms with Crippen molar-refractivity contribution in [3.63, 3.8) is 0 Å². The van der Waals surface area contributed by atoms with Crippen LogP contribution in [0.15, 0.2) is 36.5 Å². The fourth-order valence-corrected chi connectivity index (χ4v) is 2.39. The zero-order valence-electron chi connectivity index (χ0n) is 15.2. The Morgan fingerprint density at radius 3 is 2.68 bits per heavy atom. The average Bonchev–Trinajstić information content (AvgIpc) is 3.12. The number of nitrogens with zero attached hydrogens (tertiary/aromatic N) is 4. The van der Waals surface area contributed by atoms with E-state index in [1.807, 2.05) is 37.3 Å². The van der Waals surface area contributed by atoms with Gasteiger partial charge in [-0.1, -0.05) is 37.3 Å². The molecule has 0 aliphatic carbocycles. The Balaban J connectivity index is 1.80. The van der Waals surface area contributed by atoms with E-state index in [0.29, 0.717) is 18.8 Å². The molecule has 0 aliphatic rings. The summed E-state index contributed by atoms with van der Waals surface area (Å²) in [6.45, 7) is 9.79. The first-order valence-corrected chi connectivity index (χ1v) is 8.72. The van der Waals surface area contributed by atoms with Gasteiger partial charge in [-0.25, -0.2) is 4.68 Å². The van der Waals surface area contributed by atoms with Gasteiger partial charge in [-0.15, -0.1) is 5.10 Å². The van der Waals surface area contributed by atoms with Crippen molar-refractivity contribution in [2.75, 3.05) is 26.2 Å². The monoisotopic (exact) mass is 345 g/mol. The van der Waals surface area contributed by atoms with E-state index in [2.05, 4.69) is 34.4 Å². The van der Waals surface area contributed by atoms with Gasteiger partial charge in [0.1, 0.15) is 24.1 Å². The van der Waals surface area contributed by atoms with Crippen LogP contribution in [0.3, 0.4) is 0 Å². The summed E-state index contributed by atoms with van der Waals surface area (Å²) in [6, 6.07) is 9.12. The molecular formula is C18H27N5O2. The number of nitrogens with one attached hydrogen (secondary N) is 1. The van der Waals surface area contributed by atoms with Crippen LogP contribution in [-0.4, -0.2) is 52.0 Å². The number of benzene rings is 1. The molecule has 1 N–H and O–H groups in total. The van der Waals surface area contributed by atoms with E-state index in [4.69, 9.17) is 4.74 Å². The van der Waals surface area contributed by atoms with Crippen molar-refractivity contribution in [2.24, 2.45) is 0 Å².